The Morgan fingerprint density at radius 3 is 2.54 bits per heavy atom. The molecule has 1 heterocycles. The van der Waals surface area contributed by atoms with Crippen molar-refractivity contribution in [1.29, 1.82) is 0 Å². The van der Waals surface area contributed by atoms with Gasteiger partial charge < -0.3 is 4.90 Å². The monoisotopic (exact) mass is 335 g/mol. The van der Waals surface area contributed by atoms with Gasteiger partial charge in [-0.05, 0) is 30.8 Å². The number of likely N-dealkylation sites (tertiary alicyclic amines) is 1. The molecule has 1 aliphatic heterocycles. The van der Waals surface area contributed by atoms with E-state index < -0.39 is 0 Å². The average Bonchev–Trinajstić information content (AvgIpc) is 2.97. The molecule has 0 N–H and O–H groups in total. The van der Waals surface area contributed by atoms with Gasteiger partial charge in [0, 0.05) is 33.2 Å². The minimum absolute atomic E-state index is 0.352. The molecular formula is C20H34FN3. The summed E-state index contributed by atoms with van der Waals surface area (Å²) >= 11 is 0. The van der Waals surface area contributed by atoms with E-state index in [0.717, 1.165) is 48.9 Å². The summed E-state index contributed by atoms with van der Waals surface area (Å²) in [6, 6.07) is 0. The molecule has 1 rings (SSSR count). The lowest BCUT2D eigenvalue weighted by Gasteiger charge is -2.22. The Morgan fingerprint density at radius 2 is 1.96 bits per heavy atom. The molecule has 4 heteroatoms. The van der Waals surface area contributed by atoms with Gasteiger partial charge in [0.2, 0.25) is 0 Å². The standard InChI is InChI=1S/C20H34FN3/c1-6-9-10-11-12-20(22-5)17(4)23-14-18(8-3)19(15-23)16-24(21)13-7-2/h9-12,18-19H,4,6-8,13-16H2,1-3,5H3/b10-9+,12-11-,22-20?. The number of rotatable bonds is 10. The van der Waals surface area contributed by atoms with Crippen molar-refractivity contribution in [2.24, 2.45) is 16.8 Å². The largest absolute Gasteiger partial charge is 0.370 e. The minimum Gasteiger partial charge on any atom is -0.370 e. The maximum atomic E-state index is 13.9. The lowest BCUT2D eigenvalue weighted by molar-refractivity contribution is 0.00451. The van der Waals surface area contributed by atoms with Gasteiger partial charge in [-0.1, -0.05) is 52.0 Å². The van der Waals surface area contributed by atoms with Crippen molar-refractivity contribution < 1.29 is 4.48 Å². The predicted molar refractivity (Wildman–Crippen MR) is 103 cm³/mol. The first-order valence-electron chi connectivity index (χ1n) is 9.22. The van der Waals surface area contributed by atoms with Crippen LogP contribution in [-0.2, 0) is 0 Å². The molecule has 1 aliphatic rings. The van der Waals surface area contributed by atoms with Gasteiger partial charge in [-0.2, -0.15) is 0 Å². The Morgan fingerprint density at radius 1 is 1.25 bits per heavy atom. The van der Waals surface area contributed by atoms with Crippen molar-refractivity contribution in [2.45, 2.75) is 40.0 Å². The second-order valence-electron chi connectivity index (χ2n) is 6.45. The van der Waals surface area contributed by atoms with Crippen LogP contribution >= 0.6 is 0 Å². The summed E-state index contributed by atoms with van der Waals surface area (Å²) < 4.78 is 13.9. The number of hydrogen-bond donors (Lipinski definition) is 0. The van der Waals surface area contributed by atoms with E-state index in [0.29, 0.717) is 24.9 Å². The normalized spacial score (nSPS) is 22.4. The Bertz CT molecular complexity index is 468. The van der Waals surface area contributed by atoms with Crippen molar-refractivity contribution in [1.82, 2.24) is 10.0 Å². The molecule has 0 aromatic rings. The fraction of sp³-hybridized carbons (Fsp3) is 0.650. The second-order valence-corrected chi connectivity index (χ2v) is 6.45. The molecule has 1 fully saturated rings. The first-order valence-corrected chi connectivity index (χ1v) is 9.22. The number of halogens is 1. The number of hydrogen-bond acceptors (Lipinski definition) is 3. The van der Waals surface area contributed by atoms with Crippen molar-refractivity contribution in [3.05, 3.63) is 36.6 Å². The van der Waals surface area contributed by atoms with E-state index in [1.54, 1.807) is 7.05 Å². The first kappa shape index (κ1) is 20.6. The zero-order chi connectivity index (χ0) is 17.9. The van der Waals surface area contributed by atoms with E-state index in [4.69, 9.17) is 0 Å². The van der Waals surface area contributed by atoms with E-state index in [2.05, 4.69) is 36.4 Å². The van der Waals surface area contributed by atoms with Crippen molar-refractivity contribution in [3.8, 4) is 0 Å². The van der Waals surface area contributed by atoms with Crippen LogP contribution in [-0.4, -0.2) is 49.0 Å². The van der Waals surface area contributed by atoms with Crippen molar-refractivity contribution in [2.75, 3.05) is 33.2 Å². The summed E-state index contributed by atoms with van der Waals surface area (Å²) in [6.07, 6.45) is 11.1. The number of nitrogens with zero attached hydrogens (tertiary/aromatic N) is 3. The van der Waals surface area contributed by atoms with E-state index in [-0.39, 0.29) is 0 Å². The van der Waals surface area contributed by atoms with E-state index in [1.165, 1.54) is 0 Å². The Hall–Kier alpha value is -1.42. The van der Waals surface area contributed by atoms with Crippen LogP contribution in [0.25, 0.3) is 0 Å². The SMILES string of the molecule is C=C(C(/C=C\C=C\CC)=NC)N1CC(CC)C(CN(F)CCC)C1. The van der Waals surface area contributed by atoms with Gasteiger partial charge in [0.1, 0.15) is 0 Å². The summed E-state index contributed by atoms with van der Waals surface area (Å²) in [6.45, 7) is 13.4. The third-order valence-electron chi connectivity index (χ3n) is 4.65. The molecule has 0 radical (unpaired) electrons. The lowest BCUT2D eigenvalue weighted by atomic mass is 9.93. The topological polar surface area (TPSA) is 18.8 Å². The average molecular weight is 336 g/mol. The lowest BCUT2D eigenvalue weighted by Crippen LogP contribution is -2.28. The summed E-state index contributed by atoms with van der Waals surface area (Å²) in [7, 11) is 1.80. The molecule has 0 aliphatic carbocycles. The molecule has 1 saturated heterocycles. The van der Waals surface area contributed by atoms with Gasteiger partial charge in [-0.15, -0.1) is 9.60 Å². The van der Waals surface area contributed by atoms with Crippen LogP contribution in [0.15, 0.2) is 41.6 Å². The van der Waals surface area contributed by atoms with Crippen LogP contribution in [0.4, 0.5) is 4.48 Å². The molecule has 0 bridgehead atoms. The fourth-order valence-electron chi connectivity index (χ4n) is 3.24. The van der Waals surface area contributed by atoms with Gasteiger partial charge in [-0.25, -0.2) is 0 Å². The highest BCUT2D eigenvalue weighted by molar-refractivity contribution is 6.07. The van der Waals surface area contributed by atoms with Gasteiger partial charge in [0.25, 0.3) is 0 Å². The summed E-state index contributed by atoms with van der Waals surface area (Å²) in [5.74, 6) is 0.865. The molecular weight excluding hydrogens is 301 g/mol. The van der Waals surface area contributed by atoms with Crippen molar-refractivity contribution >= 4 is 5.71 Å². The Labute approximate surface area is 147 Å². The molecule has 0 aromatic carbocycles. The van der Waals surface area contributed by atoms with Crippen LogP contribution in [0.1, 0.15) is 40.0 Å². The highest BCUT2D eigenvalue weighted by atomic mass is 19.2. The molecule has 2 unspecified atom stereocenters. The summed E-state index contributed by atoms with van der Waals surface area (Å²) in [5.41, 5.74) is 1.84. The molecule has 0 aromatic heterocycles. The summed E-state index contributed by atoms with van der Waals surface area (Å²) in [4.78, 5) is 6.64. The smallest absolute Gasteiger partial charge is 0.0798 e. The molecule has 24 heavy (non-hydrogen) atoms. The van der Waals surface area contributed by atoms with Gasteiger partial charge in [0.05, 0.1) is 11.4 Å². The molecule has 3 nitrogen and oxygen atoms in total. The van der Waals surface area contributed by atoms with E-state index in [1.807, 2.05) is 25.2 Å². The van der Waals surface area contributed by atoms with Gasteiger partial charge in [0.15, 0.2) is 0 Å². The van der Waals surface area contributed by atoms with Crippen LogP contribution < -0.4 is 0 Å². The molecule has 0 amide bonds. The van der Waals surface area contributed by atoms with Crippen LogP contribution in [0.5, 0.6) is 0 Å². The van der Waals surface area contributed by atoms with Crippen LogP contribution in [0, 0.1) is 11.8 Å². The minimum atomic E-state index is 0.352. The third-order valence-corrected chi connectivity index (χ3v) is 4.65. The van der Waals surface area contributed by atoms with Gasteiger partial charge in [-0.3, -0.25) is 4.99 Å². The third kappa shape index (κ3) is 6.23. The number of aliphatic imine (C=N–C) groups is 1. The molecule has 0 spiro atoms. The fourth-order valence-corrected chi connectivity index (χ4v) is 3.24. The first-order chi connectivity index (χ1) is 11.6. The maximum absolute atomic E-state index is 13.9. The zero-order valence-corrected chi connectivity index (χ0v) is 15.8. The maximum Gasteiger partial charge on any atom is 0.0798 e. The summed E-state index contributed by atoms with van der Waals surface area (Å²) in [5, 5.41) is 0.976. The van der Waals surface area contributed by atoms with Crippen LogP contribution in [0.2, 0.25) is 0 Å². The Balaban J connectivity index is 2.70. The van der Waals surface area contributed by atoms with Crippen LogP contribution in [0.3, 0.4) is 0 Å². The van der Waals surface area contributed by atoms with E-state index >= 15 is 0 Å². The Kier molecular flexibility index (Phi) is 9.62. The number of allylic oxidation sites excluding steroid dienone is 4. The molecule has 2 atom stereocenters. The highest BCUT2D eigenvalue weighted by Crippen LogP contribution is 2.29. The quantitative estimate of drug-likeness (QED) is 0.329. The van der Waals surface area contributed by atoms with Gasteiger partial charge >= 0.3 is 0 Å². The highest BCUT2D eigenvalue weighted by Gasteiger charge is 2.33. The predicted octanol–water partition coefficient (Wildman–Crippen LogP) is 4.65. The van der Waals surface area contributed by atoms with Crippen molar-refractivity contribution in [3.63, 3.8) is 0 Å². The van der Waals surface area contributed by atoms with E-state index in [9.17, 15) is 4.48 Å². The molecule has 0 saturated carbocycles. The molecule has 136 valence electrons. The second kappa shape index (κ2) is 11.2. The zero-order valence-electron chi connectivity index (χ0n) is 15.8.